The van der Waals surface area contributed by atoms with Crippen LogP contribution in [0.3, 0.4) is 0 Å². The van der Waals surface area contributed by atoms with E-state index >= 15 is 0 Å². The summed E-state index contributed by atoms with van der Waals surface area (Å²) in [5.41, 5.74) is 0. The number of rotatable bonds is 5. The Bertz CT molecular complexity index is 172. The number of hydrogen-bond donors (Lipinski definition) is 1. The van der Waals surface area contributed by atoms with E-state index in [2.05, 4.69) is 5.92 Å². The van der Waals surface area contributed by atoms with Crippen LogP contribution >= 0.6 is 0 Å². The second-order valence-electron chi connectivity index (χ2n) is 2.63. The van der Waals surface area contributed by atoms with Crippen LogP contribution in [0.2, 0.25) is 0 Å². The maximum absolute atomic E-state index is 11.2. The van der Waals surface area contributed by atoms with Gasteiger partial charge in [-0.1, -0.05) is 5.92 Å². The standard InChI is InChI=1S/C9H15NO2/c1-3-7-10(2)9(12)6-4-5-8-11/h1,11H,4-8H2,2H3. The molecule has 0 aliphatic carbocycles. The molecule has 0 unspecified atom stereocenters. The van der Waals surface area contributed by atoms with Gasteiger partial charge in [0.25, 0.3) is 0 Å². The predicted molar refractivity (Wildman–Crippen MR) is 47.4 cm³/mol. The van der Waals surface area contributed by atoms with E-state index in [9.17, 15) is 4.79 Å². The molecular formula is C9H15NO2. The summed E-state index contributed by atoms with van der Waals surface area (Å²) in [6, 6.07) is 0. The highest BCUT2D eigenvalue weighted by Gasteiger charge is 2.05. The minimum absolute atomic E-state index is 0.0430. The number of terminal acetylenes is 1. The molecule has 3 heteroatoms. The van der Waals surface area contributed by atoms with Crippen molar-refractivity contribution in [1.82, 2.24) is 4.90 Å². The molecular weight excluding hydrogens is 154 g/mol. The van der Waals surface area contributed by atoms with Crippen LogP contribution < -0.4 is 0 Å². The van der Waals surface area contributed by atoms with Gasteiger partial charge in [0, 0.05) is 20.1 Å². The number of carbonyl (C=O) groups is 1. The van der Waals surface area contributed by atoms with Crippen LogP contribution in [0.1, 0.15) is 19.3 Å². The van der Waals surface area contributed by atoms with Gasteiger partial charge in [-0.15, -0.1) is 6.42 Å². The highest BCUT2D eigenvalue weighted by molar-refractivity contribution is 5.76. The zero-order valence-electron chi connectivity index (χ0n) is 7.42. The third-order valence-corrected chi connectivity index (χ3v) is 1.55. The molecule has 0 fully saturated rings. The highest BCUT2D eigenvalue weighted by atomic mass is 16.2. The first kappa shape index (κ1) is 11.0. The van der Waals surface area contributed by atoms with Crippen LogP contribution in [0.25, 0.3) is 0 Å². The normalized spacial score (nSPS) is 9.08. The Kier molecular flexibility index (Phi) is 6.12. The van der Waals surface area contributed by atoms with E-state index in [1.165, 1.54) is 4.90 Å². The molecule has 0 aromatic heterocycles. The Morgan fingerprint density at radius 1 is 1.58 bits per heavy atom. The second kappa shape index (κ2) is 6.68. The van der Waals surface area contributed by atoms with Gasteiger partial charge in [0.15, 0.2) is 0 Å². The van der Waals surface area contributed by atoms with Crippen molar-refractivity contribution in [2.45, 2.75) is 19.3 Å². The molecule has 0 saturated heterocycles. The number of aliphatic hydroxyl groups is 1. The van der Waals surface area contributed by atoms with Gasteiger partial charge in [-0.2, -0.15) is 0 Å². The van der Waals surface area contributed by atoms with Crippen molar-refractivity contribution < 1.29 is 9.90 Å². The lowest BCUT2D eigenvalue weighted by molar-refractivity contribution is -0.129. The summed E-state index contributed by atoms with van der Waals surface area (Å²) >= 11 is 0. The van der Waals surface area contributed by atoms with Gasteiger partial charge in [-0.05, 0) is 12.8 Å². The molecule has 0 aromatic carbocycles. The maximum atomic E-state index is 11.2. The summed E-state index contributed by atoms with van der Waals surface area (Å²) in [4.78, 5) is 12.7. The first-order valence-electron chi connectivity index (χ1n) is 4.00. The number of hydrogen-bond acceptors (Lipinski definition) is 2. The van der Waals surface area contributed by atoms with E-state index in [1.54, 1.807) is 7.05 Å². The van der Waals surface area contributed by atoms with Crippen LogP contribution in [0.15, 0.2) is 0 Å². The van der Waals surface area contributed by atoms with Gasteiger partial charge in [0.05, 0.1) is 6.54 Å². The van der Waals surface area contributed by atoms with Crippen LogP contribution in [-0.4, -0.2) is 36.1 Å². The lowest BCUT2D eigenvalue weighted by atomic mass is 10.2. The topological polar surface area (TPSA) is 40.5 Å². The minimum Gasteiger partial charge on any atom is -0.396 e. The molecule has 0 aliphatic heterocycles. The second-order valence-corrected chi connectivity index (χ2v) is 2.63. The third-order valence-electron chi connectivity index (χ3n) is 1.55. The smallest absolute Gasteiger partial charge is 0.223 e. The summed E-state index contributed by atoms with van der Waals surface area (Å²) in [5, 5.41) is 8.46. The number of carbonyl (C=O) groups excluding carboxylic acids is 1. The highest BCUT2D eigenvalue weighted by Crippen LogP contribution is 1.97. The summed E-state index contributed by atoms with van der Waals surface area (Å²) < 4.78 is 0. The van der Waals surface area contributed by atoms with Crippen molar-refractivity contribution in [3.63, 3.8) is 0 Å². The van der Waals surface area contributed by atoms with Crippen LogP contribution in [0.4, 0.5) is 0 Å². The van der Waals surface area contributed by atoms with E-state index in [1.807, 2.05) is 0 Å². The monoisotopic (exact) mass is 169 g/mol. The van der Waals surface area contributed by atoms with E-state index in [4.69, 9.17) is 11.5 Å². The molecule has 0 heterocycles. The van der Waals surface area contributed by atoms with Gasteiger partial charge < -0.3 is 10.0 Å². The lowest BCUT2D eigenvalue weighted by Gasteiger charge is -2.12. The Hall–Kier alpha value is -1.01. The Morgan fingerprint density at radius 3 is 2.75 bits per heavy atom. The number of unbranched alkanes of at least 4 members (excludes halogenated alkanes) is 1. The Balaban J connectivity index is 3.51. The first-order valence-corrected chi connectivity index (χ1v) is 4.00. The molecule has 0 aromatic rings. The van der Waals surface area contributed by atoms with Crippen molar-refractivity contribution in [1.29, 1.82) is 0 Å². The molecule has 1 N–H and O–H groups in total. The van der Waals surface area contributed by atoms with Crippen molar-refractivity contribution in [3.05, 3.63) is 0 Å². The largest absolute Gasteiger partial charge is 0.396 e. The Morgan fingerprint density at radius 2 is 2.25 bits per heavy atom. The summed E-state index contributed by atoms with van der Waals surface area (Å²) in [7, 11) is 1.68. The summed E-state index contributed by atoms with van der Waals surface area (Å²) in [5.74, 6) is 2.44. The fourth-order valence-electron chi connectivity index (χ4n) is 0.804. The Labute approximate surface area is 73.4 Å². The van der Waals surface area contributed by atoms with Crippen molar-refractivity contribution in [3.8, 4) is 12.3 Å². The van der Waals surface area contributed by atoms with E-state index in [-0.39, 0.29) is 12.5 Å². The minimum atomic E-state index is 0.0430. The first-order chi connectivity index (χ1) is 5.72. The zero-order chi connectivity index (χ0) is 9.40. The zero-order valence-corrected chi connectivity index (χ0v) is 7.42. The molecule has 0 radical (unpaired) electrons. The molecule has 0 bridgehead atoms. The molecule has 0 atom stereocenters. The third kappa shape index (κ3) is 4.75. The summed E-state index contributed by atoms with van der Waals surface area (Å²) in [6.45, 7) is 0.504. The van der Waals surface area contributed by atoms with Crippen LogP contribution in [0, 0.1) is 12.3 Å². The van der Waals surface area contributed by atoms with Crippen LogP contribution in [-0.2, 0) is 4.79 Å². The van der Waals surface area contributed by atoms with Crippen molar-refractivity contribution in [2.75, 3.05) is 20.2 Å². The van der Waals surface area contributed by atoms with Crippen molar-refractivity contribution in [2.24, 2.45) is 0 Å². The molecule has 1 amide bonds. The van der Waals surface area contributed by atoms with Crippen molar-refractivity contribution >= 4 is 5.91 Å². The molecule has 12 heavy (non-hydrogen) atoms. The molecule has 0 saturated carbocycles. The SMILES string of the molecule is C#CCN(C)C(=O)CCCCO. The average Bonchev–Trinajstić information content (AvgIpc) is 2.05. The van der Waals surface area contributed by atoms with Gasteiger partial charge in [0.2, 0.25) is 5.91 Å². The average molecular weight is 169 g/mol. The molecule has 3 nitrogen and oxygen atoms in total. The van der Waals surface area contributed by atoms with Crippen LogP contribution in [0.5, 0.6) is 0 Å². The van der Waals surface area contributed by atoms with E-state index in [0.717, 1.165) is 6.42 Å². The lowest BCUT2D eigenvalue weighted by Crippen LogP contribution is -2.26. The molecule has 0 aliphatic rings. The van der Waals surface area contributed by atoms with E-state index < -0.39 is 0 Å². The van der Waals surface area contributed by atoms with Gasteiger partial charge in [0.1, 0.15) is 0 Å². The molecule has 0 rings (SSSR count). The van der Waals surface area contributed by atoms with E-state index in [0.29, 0.717) is 19.4 Å². The van der Waals surface area contributed by atoms with Gasteiger partial charge in [-0.25, -0.2) is 0 Å². The fourth-order valence-corrected chi connectivity index (χ4v) is 0.804. The van der Waals surface area contributed by atoms with Gasteiger partial charge in [-0.3, -0.25) is 4.79 Å². The predicted octanol–water partition coefficient (Wildman–Crippen LogP) is 0.241. The molecule has 0 spiro atoms. The maximum Gasteiger partial charge on any atom is 0.223 e. The number of nitrogens with zero attached hydrogens (tertiary/aromatic N) is 1. The fraction of sp³-hybridized carbons (Fsp3) is 0.667. The number of aliphatic hydroxyl groups excluding tert-OH is 1. The summed E-state index contributed by atoms with van der Waals surface area (Å²) in [6.07, 6.45) is 6.91. The van der Waals surface area contributed by atoms with Gasteiger partial charge >= 0.3 is 0 Å². The molecule has 68 valence electrons. The quantitative estimate of drug-likeness (QED) is 0.473. The number of amides is 1.